The van der Waals surface area contributed by atoms with Gasteiger partial charge in [0.05, 0.1) is 12.0 Å². The molecule has 4 rings (SSSR count). The zero-order valence-electron chi connectivity index (χ0n) is 17.1. The lowest BCUT2D eigenvalue weighted by atomic mass is 9.76. The lowest BCUT2D eigenvalue weighted by molar-refractivity contribution is -0.161. The third-order valence-corrected chi connectivity index (χ3v) is 6.16. The number of esters is 1. The van der Waals surface area contributed by atoms with E-state index < -0.39 is 5.41 Å². The largest absolute Gasteiger partial charge is 0.466 e. The summed E-state index contributed by atoms with van der Waals surface area (Å²) >= 11 is 0. The third kappa shape index (κ3) is 4.07. The van der Waals surface area contributed by atoms with E-state index in [2.05, 4.69) is 12.1 Å². The van der Waals surface area contributed by atoms with Crippen LogP contribution in [0.2, 0.25) is 0 Å². The second kappa shape index (κ2) is 8.01. The molecule has 3 atom stereocenters. The van der Waals surface area contributed by atoms with E-state index in [4.69, 9.17) is 9.26 Å². The van der Waals surface area contributed by atoms with Crippen molar-refractivity contribution in [1.29, 1.82) is 0 Å². The fraction of sp³-hybridized carbons (Fsp3) is 0.522. The molecule has 0 N–H and O–H groups in total. The highest BCUT2D eigenvalue weighted by atomic mass is 16.5. The van der Waals surface area contributed by atoms with Crippen molar-refractivity contribution in [3.8, 4) is 11.3 Å². The Balaban J connectivity index is 1.56. The Morgan fingerprint density at radius 2 is 2.07 bits per heavy atom. The summed E-state index contributed by atoms with van der Waals surface area (Å²) in [7, 11) is 0. The number of carbonyl (C=O) groups excluding carboxylic acids is 2. The predicted molar refractivity (Wildman–Crippen MR) is 108 cm³/mol. The average molecular weight is 396 g/mol. The van der Waals surface area contributed by atoms with Gasteiger partial charge < -0.3 is 14.2 Å². The molecule has 6 nitrogen and oxygen atoms in total. The molecule has 0 spiro atoms. The zero-order valence-corrected chi connectivity index (χ0v) is 17.1. The van der Waals surface area contributed by atoms with E-state index in [0.29, 0.717) is 44.2 Å². The van der Waals surface area contributed by atoms with Crippen LogP contribution in [0.3, 0.4) is 0 Å². The normalized spacial score (nSPS) is 26.2. The molecule has 154 valence electrons. The highest BCUT2D eigenvalue weighted by Crippen LogP contribution is 2.42. The fourth-order valence-corrected chi connectivity index (χ4v) is 4.36. The van der Waals surface area contributed by atoms with E-state index in [1.807, 2.05) is 48.2 Å². The first-order valence-corrected chi connectivity index (χ1v) is 10.5. The number of likely N-dealkylation sites (tertiary alicyclic amines) is 1. The van der Waals surface area contributed by atoms with Crippen LogP contribution < -0.4 is 0 Å². The lowest BCUT2D eigenvalue weighted by Crippen LogP contribution is -2.52. The van der Waals surface area contributed by atoms with Gasteiger partial charge in [0.2, 0.25) is 5.91 Å². The van der Waals surface area contributed by atoms with Crippen molar-refractivity contribution in [1.82, 2.24) is 10.1 Å². The van der Waals surface area contributed by atoms with Gasteiger partial charge >= 0.3 is 5.97 Å². The zero-order chi connectivity index (χ0) is 20.4. The minimum absolute atomic E-state index is 0.114. The van der Waals surface area contributed by atoms with Gasteiger partial charge in [-0.3, -0.25) is 9.59 Å². The molecule has 6 heteroatoms. The highest BCUT2D eigenvalue weighted by Gasteiger charge is 2.49. The number of hydrogen-bond donors (Lipinski definition) is 0. The topological polar surface area (TPSA) is 72.6 Å². The second-order valence-electron chi connectivity index (χ2n) is 8.40. The Bertz CT molecular complexity index is 878. The monoisotopic (exact) mass is 396 g/mol. The molecule has 29 heavy (non-hydrogen) atoms. The van der Waals surface area contributed by atoms with Crippen molar-refractivity contribution in [2.75, 3.05) is 19.7 Å². The Morgan fingerprint density at radius 3 is 2.76 bits per heavy atom. The first-order chi connectivity index (χ1) is 14.0. The maximum absolute atomic E-state index is 13.0. The summed E-state index contributed by atoms with van der Waals surface area (Å²) in [5.74, 6) is 1.13. The standard InChI is InChI=1S/C23H28N2O4/c1-3-28-22(27)23(10-7-11-25(15-23)21(26)19-12-16(19)2)14-18-13-20(24-29-18)17-8-5-4-6-9-17/h4-6,8-9,13,16,19H,3,7,10-12,14-15H2,1-2H3/t16-,19+,23+/m1/s1. The third-order valence-electron chi connectivity index (χ3n) is 6.16. The molecule has 1 aliphatic heterocycles. The maximum Gasteiger partial charge on any atom is 0.314 e. The van der Waals surface area contributed by atoms with Gasteiger partial charge in [-0.25, -0.2) is 0 Å². The highest BCUT2D eigenvalue weighted by molar-refractivity contribution is 5.84. The van der Waals surface area contributed by atoms with Crippen molar-refractivity contribution >= 4 is 11.9 Å². The van der Waals surface area contributed by atoms with Crippen LogP contribution in [0.4, 0.5) is 0 Å². The maximum atomic E-state index is 13.0. The molecule has 2 fully saturated rings. The summed E-state index contributed by atoms with van der Waals surface area (Å²) in [6.45, 7) is 5.32. The predicted octanol–water partition coefficient (Wildman–Crippen LogP) is 3.71. The Labute approximate surface area is 171 Å². The number of benzene rings is 1. The molecule has 1 aromatic heterocycles. The van der Waals surface area contributed by atoms with Gasteiger partial charge in [0.1, 0.15) is 11.5 Å². The molecule has 1 saturated heterocycles. The van der Waals surface area contributed by atoms with Crippen molar-refractivity contribution in [3.63, 3.8) is 0 Å². The van der Waals surface area contributed by atoms with E-state index >= 15 is 0 Å². The Kier molecular flexibility index (Phi) is 5.43. The number of nitrogens with zero attached hydrogens (tertiary/aromatic N) is 2. The smallest absolute Gasteiger partial charge is 0.314 e. The van der Waals surface area contributed by atoms with Crippen molar-refractivity contribution in [2.24, 2.45) is 17.3 Å². The lowest BCUT2D eigenvalue weighted by Gasteiger charge is -2.40. The first-order valence-electron chi connectivity index (χ1n) is 10.5. The summed E-state index contributed by atoms with van der Waals surface area (Å²) < 4.78 is 11.0. The molecule has 2 heterocycles. The van der Waals surface area contributed by atoms with Crippen LogP contribution in [0.15, 0.2) is 40.9 Å². The van der Waals surface area contributed by atoms with Crippen molar-refractivity contribution in [3.05, 3.63) is 42.2 Å². The molecule has 0 unspecified atom stereocenters. The number of hydrogen-bond acceptors (Lipinski definition) is 5. The molecule has 1 amide bonds. The van der Waals surface area contributed by atoms with E-state index in [9.17, 15) is 9.59 Å². The van der Waals surface area contributed by atoms with Crippen LogP contribution >= 0.6 is 0 Å². The summed E-state index contributed by atoms with van der Waals surface area (Å²) in [4.78, 5) is 27.7. The van der Waals surface area contributed by atoms with E-state index in [1.165, 1.54) is 0 Å². The molecular formula is C23H28N2O4. The molecular weight excluding hydrogens is 368 g/mol. The molecule has 1 saturated carbocycles. The van der Waals surface area contributed by atoms with Crippen LogP contribution in [0.1, 0.15) is 38.9 Å². The molecule has 1 aliphatic carbocycles. The van der Waals surface area contributed by atoms with Gasteiger partial charge in [-0.15, -0.1) is 0 Å². The molecule has 1 aromatic carbocycles. The van der Waals surface area contributed by atoms with Gasteiger partial charge in [0.25, 0.3) is 0 Å². The van der Waals surface area contributed by atoms with Crippen LogP contribution in [0.25, 0.3) is 11.3 Å². The molecule has 2 aliphatic rings. The number of rotatable bonds is 6. The first kappa shape index (κ1) is 19.7. The van der Waals surface area contributed by atoms with Crippen LogP contribution in [-0.2, 0) is 20.7 Å². The number of aromatic nitrogens is 1. The average Bonchev–Trinajstić information content (AvgIpc) is 3.29. The van der Waals surface area contributed by atoms with Crippen molar-refractivity contribution in [2.45, 2.75) is 39.5 Å². The molecule has 0 radical (unpaired) electrons. The van der Waals surface area contributed by atoms with Crippen molar-refractivity contribution < 1.29 is 18.8 Å². The number of carbonyl (C=O) groups is 2. The second-order valence-corrected chi connectivity index (χ2v) is 8.40. The van der Waals surface area contributed by atoms with E-state index in [1.54, 1.807) is 0 Å². The van der Waals surface area contributed by atoms with Crippen LogP contribution in [0, 0.1) is 17.3 Å². The quantitative estimate of drug-likeness (QED) is 0.696. The summed E-state index contributed by atoms with van der Waals surface area (Å²) in [5.41, 5.74) is 0.932. The Morgan fingerprint density at radius 1 is 1.31 bits per heavy atom. The molecule has 2 aromatic rings. The fourth-order valence-electron chi connectivity index (χ4n) is 4.36. The van der Waals surface area contributed by atoms with Gasteiger partial charge in [-0.2, -0.15) is 0 Å². The van der Waals surface area contributed by atoms with Gasteiger partial charge in [-0.1, -0.05) is 42.4 Å². The number of amides is 1. The summed E-state index contributed by atoms with van der Waals surface area (Å²) in [5, 5.41) is 4.18. The van der Waals surface area contributed by atoms with Crippen LogP contribution in [-0.4, -0.2) is 41.6 Å². The number of piperidine rings is 1. The van der Waals surface area contributed by atoms with Gasteiger partial charge in [0.15, 0.2) is 0 Å². The summed E-state index contributed by atoms with van der Waals surface area (Å²) in [6.07, 6.45) is 2.79. The summed E-state index contributed by atoms with van der Waals surface area (Å²) in [6, 6.07) is 11.7. The van der Waals surface area contributed by atoms with E-state index in [0.717, 1.165) is 24.1 Å². The number of ether oxygens (including phenoxy) is 1. The minimum atomic E-state index is -0.782. The van der Waals surface area contributed by atoms with E-state index in [-0.39, 0.29) is 17.8 Å². The molecule has 0 bridgehead atoms. The SMILES string of the molecule is CCOC(=O)[C@]1(Cc2cc(-c3ccccc3)no2)CCCN(C(=O)[C@H]2C[C@H]2C)C1. The van der Waals surface area contributed by atoms with Crippen LogP contribution in [0.5, 0.6) is 0 Å². The van der Waals surface area contributed by atoms with Gasteiger partial charge in [-0.05, 0) is 32.1 Å². The minimum Gasteiger partial charge on any atom is -0.466 e. The van der Waals surface area contributed by atoms with Gasteiger partial charge in [0, 0.05) is 37.1 Å². The Hall–Kier alpha value is -2.63.